The lowest BCUT2D eigenvalue weighted by Crippen LogP contribution is -1.99. The second kappa shape index (κ2) is 8.62. The molecule has 0 aromatic heterocycles. The number of unbranched alkanes of at least 4 members (excludes halogenated alkanes) is 1. The number of nitrogens with two attached hydrogens (primary N) is 1. The molecule has 0 radical (unpaired) electrons. The Morgan fingerprint density at radius 1 is 1.19 bits per heavy atom. The molecule has 0 aliphatic rings. The van der Waals surface area contributed by atoms with Crippen LogP contribution in [0.2, 0.25) is 0 Å². The number of hydrogen-bond donors (Lipinski definition) is 1. The van der Waals surface area contributed by atoms with Crippen LogP contribution in [0.1, 0.15) is 25.3 Å². The molecule has 90 valence electrons. The first-order valence-corrected chi connectivity index (χ1v) is 6.85. The van der Waals surface area contributed by atoms with Gasteiger partial charge in [-0.1, -0.05) is 25.5 Å². The Morgan fingerprint density at radius 2 is 1.94 bits per heavy atom. The molecular formula is C13H21NOS. The van der Waals surface area contributed by atoms with Crippen molar-refractivity contribution in [3.05, 3.63) is 29.8 Å². The molecular weight excluding hydrogens is 218 g/mol. The molecule has 0 bridgehead atoms. The first-order chi connectivity index (χ1) is 7.86. The summed E-state index contributed by atoms with van der Waals surface area (Å²) in [4.78, 5) is 1.29. The topological polar surface area (TPSA) is 35.2 Å². The molecule has 3 heteroatoms. The van der Waals surface area contributed by atoms with E-state index in [1.807, 2.05) is 11.8 Å². The van der Waals surface area contributed by atoms with Gasteiger partial charge in [-0.05, 0) is 24.1 Å². The maximum Gasteiger partial charge on any atom is 0.0560 e. The average Bonchev–Trinajstić information content (AvgIpc) is 2.34. The summed E-state index contributed by atoms with van der Waals surface area (Å²) in [5, 5.41) is 0. The molecule has 2 N–H and O–H groups in total. The Morgan fingerprint density at radius 3 is 2.56 bits per heavy atom. The van der Waals surface area contributed by atoms with Crippen molar-refractivity contribution in [1.29, 1.82) is 0 Å². The van der Waals surface area contributed by atoms with Crippen LogP contribution in [-0.2, 0) is 11.3 Å². The maximum absolute atomic E-state index is 5.54. The second-order valence-electron chi connectivity index (χ2n) is 3.66. The smallest absolute Gasteiger partial charge is 0.0560 e. The van der Waals surface area contributed by atoms with E-state index in [9.17, 15) is 0 Å². The van der Waals surface area contributed by atoms with Crippen LogP contribution in [0.3, 0.4) is 0 Å². The molecule has 0 saturated heterocycles. The molecule has 16 heavy (non-hydrogen) atoms. The predicted octanol–water partition coefficient (Wildman–Crippen LogP) is 3.05. The molecule has 0 heterocycles. The molecule has 0 atom stereocenters. The molecule has 0 amide bonds. The van der Waals surface area contributed by atoms with Gasteiger partial charge < -0.3 is 10.5 Å². The van der Waals surface area contributed by atoms with Gasteiger partial charge in [0, 0.05) is 23.8 Å². The van der Waals surface area contributed by atoms with Crippen LogP contribution in [0.15, 0.2) is 29.2 Å². The highest BCUT2D eigenvalue weighted by molar-refractivity contribution is 7.99. The largest absolute Gasteiger partial charge is 0.381 e. The zero-order valence-corrected chi connectivity index (χ0v) is 10.8. The second-order valence-corrected chi connectivity index (χ2v) is 4.83. The molecule has 1 aromatic carbocycles. The van der Waals surface area contributed by atoms with Crippen LogP contribution in [0.25, 0.3) is 0 Å². The SMILES string of the molecule is CCCCOCCSc1ccc(CN)cc1. The van der Waals surface area contributed by atoms with Crippen molar-refractivity contribution in [2.75, 3.05) is 19.0 Å². The number of hydrogen-bond acceptors (Lipinski definition) is 3. The van der Waals surface area contributed by atoms with Crippen molar-refractivity contribution in [1.82, 2.24) is 0 Å². The summed E-state index contributed by atoms with van der Waals surface area (Å²) in [5.74, 6) is 1.02. The Balaban J connectivity index is 2.12. The van der Waals surface area contributed by atoms with Gasteiger partial charge in [0.05, 0.1) is 6.61 Å². The minimum absolute atomic E-state index is 0.616. The van der Waals surface area contributed by atoms with Crippen LogP contribution in [0.4, 0.5) is 0 Å². The number of benzene rings is 1. The molecule has 0 spiro atoms. The third kappa shape index (κ3) is 5.54. The zero-order valence-electron chi connectivity index (χ0n) is 9.95. The molecule has 0 aliphatic carbocycles. The fraction of sp³-hybridized carbons (Fsp3) is 0.538. The lowest BCUT2D eigenvalue weighted by atomic mass is 10.2. The molecule has 1 rings (SSSR count). The van der Waals surface area contributed by atoms with Crippen molar-refractivity contribution >= 4 is 11.8 Å². The van der Waals surface area contributed by atoms with E-state index in [-0.39, 0.29) is 0 Å². The Bertz CT molecular complexity index is 274. The van der Waals surface area contributed by atoms with Crippen molar-refractivity contribution in [2.45, 2.75) is 31.2 Å². The Labute approximate surface area is 103 Å². The minimum Gasteiger partial charge on any atom is -0.381 e. The summed E-state index contributed by atoms with van der Waals surface area (Å²) < 4.78 is 5.50. The fourth-order valence-corrected chi connectivity index (χ4v) is 2.05. The fourth-order valence-electron chi connectivity index (χ4n) is 1.29. The van der Waals surface area contributed by atoms with Gasteiger partial charge in [-0.2, -0.15) is 0 Å². The number of thioether (sulfide) groups is 1. The van der Waals surface area contributed by atoms with E-state index < -0.39 is 0 Å². The lowest BCUT2D eigenvalue weighted by Gasteiger charge is -2.04. The van der Waals surface area contributed by atoms with Crippen molar-refractivity contribution < 1.29 is 4.74 Å². The zero-order chi connectivity index (χ0) is 11.6. The predicted molar refractivity (Wildman–Crippen MR) is 70.8 cm³/mol. The van der Waals surface area contributed by atoms with E-state index in [1.165, 1.54) is 16.9 Å². The first-order valence-electron chi connectivity index (χ1n) is 5.86. The van der Waals surface area contributed by atoms with Gasteiger partial charge in [0.15, 0.2) is 0 Å². The summed E-state index contributed by atoms with van der Waals surface area (Å²) in [6.45, 7) is 4.52. The molecule has 0 unspecified atom stereocenters. The minimum atomic E-state index is 0.616. The highest BCUT2D eigenvalue weighted by Crippen LogP contribution is 2.17. The van der Waals surface area contributed by atoms with Crippen LogP contribution in [-0.4, -0.2) is 19.0 Å². The average molecular weight is 239 g/mol. The van der Waals surface area contributed by atoms with Gasteiger partial charge in [0.1, 0.15) is 0 Å². The van der Waals surface area contributed by atoms with Gasteiger partial charge in [0.25, 0.3) is 0 Å². The Kier molecular flexibility index (Phi) is 7.30. The van der Waals surface area contributed by atoms with Crippen LogP contribution in [0, 0.1) is 0 Å². The maximum atomic E-state index is 5.54. The van der Waals surface area contributed by atoms with E-state index in [2.05, 4.69) is 31.2 Å². The van der Waals surface area contributed by atoms with Crippen molar-refractivity contribution in [3.8, 4) is 0 Å². The van der Waals surface area contributed by atoms with E-state index in [1.54, 1.807) is 0 Å². The monoisotopic (exact) mass is 239 g/mol. The van der Waals surface area contributed by atoms with Gasteiger partial charge in [-0.3, -0.25) is 0 Å². The quantitative estimate of drug-likeness (QED) is 0.559. The molecule has 1 aromatic rings. The lowest BCUT2D eigenvalue weighted by molar-refractivity contribution is 0.147. The van der Waals surface area contributed by atoms with Crippen molar-refractivity contribution in [2.24, 2.45) is 5.73 Å². The van der Waals surface area contributed by atoms with Crippen molar-refractivity contribution in [3.63, 3.8) is 0 Å². The third-order valence-electron chi connectivity index (χ3n) is 2.30. The van der Waals surface area contributed by atoms with Gasteiger partial charge in [-0.25, -0.2) is 0 Å². The van der Waals surface area contributed by atoms with Crippen LogP contribution >= 0.6 is 11.8 Å². The van der Waals surface area contributed by atoms with Gasteiger partial charge in [-0.15, -0.1) is 11.8 Å². The number of ether oxygens (including phenoxy) is 1. The highest BCUT2D eigenvalue weighted by atomic mass is 32.2. The molecule has 0 aliphatic heterocycles. The normalized spacial score (nSPS) is 10.6. The van der Waals surface area contributed by atoms with Gasteiger partial charge in [0.2, 0.25) is 0 Å². The van der Waals surface area contributed by atoms with Crippen LogP contribution in [0.5, 0.6) is 0 Å². The van der Waals surface area contributed by atoms with E-state index in [0.29, 0.717) is 6.54 Å². The summed E-state index contributed by atoms with van der Waals surface area (Å²) >= 11 is 1.83. The van der Waals surface area contributed by atoms with E-state index in [0.717, 1.165) is 25.4 Å². The highest BCUT2D eigenvalue weighted by Gasteiger charge is 1.95. The third-order valence-corrected chi connectivity index (χ3v) is 3.27. The summed E-state index contributed by atoms with van der Waals surface area (Å²) in [7, 11) is 0. The van der Waals surface area contributed by atoms with Crippen LogP contribution < -0.4 is 5.73 Å². The summed E-state index contributed by atoms with van der Waals surface area (Å²) in [6.07, 6.45) is 2.36. The van der Waals surface area contributed by atoms with E-state index >= 15 is 0 Å². The van der Waals surface area contributed by atoms with E-state index in [4.69, 9.17) is 10.5 Å². The standard InChI is InChI=1S/C13H21NOS/c1-2-3-8-15-9-10-16-13-6-4-12(11-14)5-7-13/h4-7H,2-3,8-11,14H2,1H3. The Hall–Kier alpha value is -0.510. The molecule has 0 fully saturated rings. The van der Waals surface area contributed by atoms with Gasteiger partial charge >= 0.3 is 0 Å². The first kappa shape index (κ1) is 13.6. The number of rotatable bonds is 8. The summed E-state index contributed by atoms with van der Waals surface area (Å²) in [5.41, 5.74) is 6.73. The molecule has 0 saturated carbocycles. The molecule has 2 nitrogen and oxygen atoms in total. The summed E-state index contributed by atoms with van der Waals surface area (Å²) in [6, 6.07) is 8.42.